The van der Waals surface area contributed by atoms with Crippen molar-refractivity contribution in [3.05, 3.63) is 35.4 Å². The van der Waals surface area contributed by atoms with E-state index in [-0.39, 0.29) is 17.4 Å². The normalized spacial score (nSPS) is 18.1. The van der Waals surface area contributed by atoms with Gasteiger partial charge in [0.1, 0.15) is 0 Å². The van der Waals surface area contributed by atoms with Gasteiger partial charge in [0.25, 0.3) is 0 Å². The highest BCUT2D eigenvalue weighted by Gasteiger charge is 2.46. The average molecular weight is 234 g/mol. The van der Waals surface area contributed by atoms with Gasteiger partial charge in [-0.15, -0.1) is 0 Å². The highest BCUT2D eigenvalue weighted by atomic mass is 16.5. The van der Waals surface area contributed by atoms with E-state index in [2.05, 4.69) is 38.1 Å². The van der Waals surface area contributed by atoms with Crippen molar-refractivity contribution >= 4 is 0 Å². The molecule has 0 amide bonds. The lowest BCUT2D eigenvalue weighted by atomic mass is 9.78. The fourth-order valence-corrected chi connectivity index (χ4v) is 2.54. The second-order valence-corrected chi connectivity index (χ2v) is 5.80. The first-order valence-electron chi connectivity index (χ1n) is 6.25. The van der Waals surface area contributed by atoms with Crippen molar-refractivity contribution in [2.45, 2.75) is 37.5 Å². The Labute approximate surface area is 104 Å². The third-order valence-corrected chi connectivity index (χ3v) is 3.90. The molecule has 1 aliphatic carbocycles. The summed E-state index contributed by atoms with van der Waals surface area (Å²) in [5, 5.41) is 9.56. The van der Waals surface area contributed by atoms with Gasteiger partial charge in [0, 0.05) is 17.9 Å². The van der Waals surface area contributed by atoms with Crippen molar-refractivity contribution in [1.82, 2.24) is 0 Å². The number of hydrogen-bond donors (Lipinski definition) is 1. The topological polar surface area (TPSA) is 29.5 Å². The van der Waals surface area contributed by atoms with Crippen LogP contribution in [0.1, 0.15) is 37.8 Å². The highest BCUT2D eigenvalue weighted by molar-refractivity contribution is 5.42. The number of aliphatic hydroxyl groups is 1. The van der Waals surface area contributed by atoms with Crippen molar-refractivity contribution in [2.24, 2.45) is 0 Å². The molecule has 2 nitrogen and oxygen atoms in total. The molecule has 0 unspecified atom stereocenters. The summed E-state index contributed by atoms with van der Waals surface area (Å²) < 4.78 is 5.36. The lowest BCUT2D eigenvalue weighted by Gasteiger charge is -2.29. The first kappa shape index (κ1) is 12.6. The van der Waals surface area contributed by atoms with Crippen LogP contribution in [0.2, 0.25) is 0 Å². The van der Waals surface area contributed by atoms with Gasteiger partial charge in [0.05, 0.1) is 13.2 Å². The third kappa shape index (κ3) is 2.24. The van der Waals surface area contributed by atoms with Gasteiger partial charge in [-0.3, -0.25) is 0 Å². The summed E-state index contributed by atoms with van der Waals surface area (Å²) in [6.07, 6.45) is 2.39. The van der Waals surface area contributed by atoms with E-state index in [1.54, 1.807) is 7.11 Å². The molecule has 2 rings (SSSR count). The number of aliphatic hydroxyl groups excluding tert-OH is 1. The monoisotopic (exact) mass is 234 g/mol. The van der Waals surface area contributed by atoms with Crippen molar-refractivity contribution in [2.75, 3.05) is 20.3 Å². The fraction of sp³-hybridized carbons (Fsp3) is 0.600. The maximum atomic E-state index is 9.56. The summed E-state index contributed by atoms with van der Waals surface area (Å²) in [4.78, 5) is 0. The summed E-state index contributed by atoms with van der Waals surface area (Å²) in [5.74, 6) is 0. The lowest BCUT2D eigenvalue weighted by molar-refractivity contribution is 0.169. The maximum absolute atomic E-state index is 9.56. The molecule has 2 heteroatoms. The highest BCUT2D eigenvalue weighted by Crippen LogP contribution is 2.51. The van der Waals surface area contributed by atoms with E-state index in [4.69, 9.17) is 4.74 Å². The molecule has 1 N–H and O–H groups in total. The molecule has 17 heavy (non-hydrogen) atoms. The van der Waals surface area contributed by atoms with Crippen LogP contribution in [0.4, 0.5) is 0 Å². The first-order valence-corrected chi connectivity index (χ1v) is 6.25. The van der Waals surface area contributed by atoms with Gasteiger partial charge in [-0.2, -0.15) is 0 Å². The van der Waals surface area contributed by atoms with Crippen LogP contribution in [0.5, 0.6) is 0 Å². The zero-order valence-electron chi connectivity index (χ0n) is 11.0. The molecule has 0 radical (unpaired) electrons. The van der Waals surface area contributed by atoms with Crippen LogP contribution in [0, 0.1) is 0 Å². The van der Waals surface area contributed by atoms with E-state index in [0.717, 1.165) is 6.61 Å². The van der Waals surface area contributed by atoms with Crippen LogP contribution in [0.3, 0.4) is 0 Å². The van der Waals surface area contributed by atoms with Crippen LogP contribution in [0.25, 0.3) is 0 Å². The zero-order chi connectivity index (χ0) is 12.5. The van der Waals surface area contributed by atoms with Crippen LogP contribution < -0.4 is 0 Å². The van der Waals surface area contributed by atoms with Crippen molar-refractivity contribution in [3.8, 4) is 0 Å². The molecule has 0 heterocycles. The summed E-state index contributed by atoms with van der Waals surface area (Å²) in [7, 11) is 1.76. The molecule has 1 aromatic carbocycles. The second kappa shape index (κ2) is 4.43. The summed E-state index contributed by atoms with van der Waals surface area (Å²) in [6, 6.07) is 8.47. The van der Waals surface area contributed by atoms with Crippen LogP contribution in [0.15, 0.2) is 24.3 Å². The molecular formula is C15H22O2. The number of hydrogen-bond acceptors (Lipinski definition) is 2. The molecular weight excluding hydrogens is 212 g/mol. The van der Waals surface area contributed by atoms with Crippen molar-refractivity contribution in [3.63, 3.8) is 0 Å². The van der Waals surface area contributed by atoms with E-state index in [1.165, 1.54) is 24.0 Å². The summed E-state index contributed by atoms with van der Waals surface area (Å²) >= 11 is 0. The van der Waals surface area contributed by atoms with Gasteiger partial charge in [-0.25, -0.2) is 0 Å². The molecule has 0 saturated heterocycles. The Hall–Kier alpha value is -0.860. The predicted molar refractivity (Wildman–Crippen MR) is 69.3 cm³/mol. The molecule has 1 aliphatic rings. The Bertz CT molecular complexity index is 392. The SMILES string of the molecule is COCC1(c2ccccc2C(C)(C)CO)CC1. The van der Waals surface area contributed by atoms with Gasteiger partial charge < -0.3 is 9.84 Å². The lowest BCUT2D eigenvalue weighted by Crippen LogP contribution is -2.27. The molecule has 0 aromatic heterocycles. The number of ether oxygens (including phenoxy) is 1. The van der Waals surface area contributed by atoms with Gasteiger partial charge in [-0.05, 0) is 24.0 Å². The maximum Gasteiger partial charge on any atom is 0.0559 e. The molecule has 1 fully saturated rings. The van der Waals surface area contributed by atoms with E-state index in [1.807, 2.05) is 0 Å². The van der Waals surface area contributed by atoms with Gasteiger partial charge in [-0.1, -0.05) is 38.1 Å². The Morgan fingerprint density at radius 3 is 2.47 bits per heavy atom. The summed E-state index contributed by atoms with van der Waals surface area (Å²) in [5.41, 5.74) is 2.65. The molecule has 1 aromatic rings. The smallest absolute Gasteiger partial charge is 0.0559 e. The van der Waals surface area contributed by atoms with E-state index < -0.39 is 0 Å². The standard InChI is InChI=1S/C15H22O2/c1-14(2,10-16)12-6-4-5-7-13(12)15(8-9-15)11-17-3/h4-7,16H,8-11H2,1-3H3. The molecule has 94 valence electrons. The van der Waals surface area contributed by atoms with E-state index in [0.29, 0.717) is 0 Å². The average Bonchev–Trinajstić information content (AvgIpc) is 3.11. The number of rotatable bonds is 5. The summed E-state index contributed by atoms with van der Waals surface area (Å²) in [6.45, 7) is 5.14. The Balaban J connectivity index is 2.41. The molecule has 0 bridgehead atoms. The largest absolute Gasteiger partial charge is 0.395 e. The van der Waals surface area contributed by atoms with Crippen LogP contribution >= 0.6 is 0 Å². The Morgan fingerprint density at radius 1 is 1.29 bits per heavy atom. The minimum Gasteiger partial charge on any atom is -0.395 e. The Kier molecular flexibility index (Phi) is 3.28. The van der Waals surface area contributed by atoms with Crippen LogP contribution in [-0.2, 0) is 15.6 Å². The minimum atomic E-state index is -0.181. The van der Waals surface area contributed by atoms with Crippen molar-refractivity contribution in [1.29, 1.82) is 0 Å². The quantitative estimate of drug-likeness (QED) is 0.848. The van der Waals surface area contributed by atoms with Crippen LogP contribution in [-0.4, -0.2) is 25.4 Å². The molecule has 0 spiro atoms. The van der Waals surface area contributed by atoms with Gasteiger partial charge >= 0.3 is 0 Å². The van der Waals surface area contributed by atoms with Crippen molar-refractivity contribution < 1.29 is 9.84 Å². The Morgan fingerprint density at radius 2 is 1.94 bits per heavy atom. The molecule has 1 saturated carbocycles. The zero-order valence-corrected chi connectivity index (χ0v) is 11.0. The fourth-order valence-electron chi connectivity index (χ4n) is 2.54. The molecule has 0 atom stereocenters. The van der Waals surface area contributed by atoms with E-state index >= 15 is 0 Å². The third-order valence-electron chi connectivity index (χ3n) is 3.90. The molecule has 0 aliphatic heterocycles. The predicted octanol–water partition coefficient (Wildman–Crippen LogP) is 2.63. The number of benzene rings is 1. The van der Waals surface area contributed by atoms with Gasteiger partial charge in [0.2, 0.25) is 0 Å². The minimum absolute atomic E-state index is 0.174. The van der Waals surface area contributed by atoms with Gasteiger partial charge in [0.15, 0.2) is 0 Å². The number of methoxy groups -OCH3 is 1. The van der Waals surface area contributed by atoms with E-state index in [9.17, 15) is 5.11 Å². The first-order chi connectivity index (χ1) is 8.06. The second-order valence-electron chi connectivity index (χ2n) is 5.80.